The molecule has 1 heterocycles. The minimum Gasteiger partial charge on any atom is -0.326 e. The van der Waals surface area contributed by atoms with Crippen molar-refractivity contribution in [2.75, 3.05) is 0 Å². The molecule has 0 aliphatic rings. The Balaban J connectivity index is 2.66. The second-order valence-electron chi connectivity index (χ2n) is 3.50. The molecule has 0 aliphatic heterocycles. The first-order valence-corrected chi connectivity index (χ1v) is 5.28. The van der Waals surface area contributed by atoms with Gasteiger partial charge < -0.3 is 5.73 Å². The molecule has 2 rings (SSSR count). The minimum atomic E-state index is -0.167. The molecule has 0 saturated heterocycles. The lowest BCUT2D eigenvalue weighted by Crippen LogP contribution is -2.10. The molecule has 84 valence electrons. The van der Waals surface area contributed by atoms with Crippen molar-refractivity contribution in [2.24, 2.45) is 5.73 Å². The van der Waals surface area contributed by atoms with Gasteiger partial charge in [-0.05, 0) is 19.1 Å². The van der Waals surface area contributed by atoms with Crippen LogP contribution in [-0.2, 0) is 6.54 Å². The van der Waals surface area contributed by atoms with Crippen molar-refractivity contribution < 1.29 is 0 Å². The van der Waals surface area contributed by atoms with Crippen LogP contribution < -0.4 is 11.3 Å². The van der Waals surface area contributed by atoms with Crippen LogP contribution in [0.25, 0.3) is 5.69 Å². The maximum atomic E-state index is 11.6. The number of hydrogen-bond donors (Lipinski definition) is 2. The van der Waals surface area contributed by atoms with Gasteiger partial charge in [0.15, 0.2) is 0 Å². The Morgan fingerprint density at radius 2 is 2.12 bits per heavy atom. The lowest BCUT2D eigenvalue weighted by molar-refractivity contribution is 0.833. The molecular weight excluding hydrogens is 226 g/mol. The fourth-order valence-corrected chi connectivity index (χ4v) is 1.89. The summed E-state index contributed by atoms with van der Waals surface area (Å²) in [4.78, 5) is 11.6. The highest BCUT2D eigenvalue weighted by molar-refractivity contribution is 6.32. The topological polar surface area (TPSA) is 63.8 Å². The van der Waals surface area contributed by atoms with Crippen LogP contribution in [0.15, 0.2) is 29.1 Å². The van der Waals surface area contributed by atoms with E-state index in [0.717, 1.165) is 11.4 Å². The average molecular weight is 238 g/mol. The lowest BCUT2D eigenvalue weighted by Gasteiger charge is -2.07. The van der Waals surface area contributed by atoms with Gasteiger partial charge in [0.1, 0.15) is 0 Å². The Bertz CT molecular complexity index is 571. The fraction of sp³-hybridized carbons (Fsp3) is 0.182. The summed E-state index contributed by atoms with van der Waals surface area (Å²) < 4.78 is 1.66. The third-order valence-electron chi connectivity index (χ3n) is 2.56. The third-order valence-corrected chi connectivity index (χ3v) is 2.88. The van der Waals surface area contributed by atoms with Gasteiger partial charge in [0.2, 0.25) is 0 Å². The number of rotatable bonds is 2. The van der Waals surface area contributed by atoms with E-state index in [2.05, 4.69) is 5.10 Å². The number of nitrogens with one attached hydrogen (secondary N) is 1. The van der Waals surface area contributed by atoms with Crippen LogP contribution in [0.3, 0.4) is 0 Å². The quantitative estimate of drug-likeness (QED) is 0.833. The van der Waals surface area contributed by atoms with E-state index in [1.54, 1.807) is 10.7 Å². The van der Waals surface area contributed by atoms with Gasteiger partial charge >= 0.3 is 0 Å². The number of aromatic amines is 1. The highest BCUT2D eigenvalue weighted by atomic mass is 35.5. The number of para-hydroxylation sites is 1. The molecule has 3 N–H and O–H groups in total. The monoisotopic (exact) mass is 237 g/mol. The molecule has 4 nitrogen and oxygen atoms in total. The van der Waals surface area contributed by atoms with Crippen molar-refractivity contribution in [3.8, 4) is 5.69 Å². The fourth-order valence-electron chi connectivity index (χ4n) is 1.67. The van der Waals surface area contributed by atoms with E-state index in [4.69, 9.17) is 17.3 Å². The first-order valence-electron chi connectivity index (χ1n) is 4.90. The Morgan fingerprint density at radius 1 is 1.44 bits per heavy atom. The maximum absolute atomic E-state index is 11.6. The zero-order valence-electron chi connectivity index (χ0n) is 8.83. The van der Waals surface area contributed by atoms with Gasteiger partial charge in [-0.1, -0.05) is 23.7 Å². The van der Waals surface area contributed by atoms with Crippen LogP contribution in [0.5, 0.6) is 0 Å². The standard InChI is InChI=1S/C11H12ClN3O/c1-7-8(6-13)11(16)14-15(7)10-5-3-2-4-9(10)12/h2-5H,6,13H2,1H3,(H,14,16). The molecular formula is C11H12ClN3O. The predicted molar refractivity (Wildman–Crippen MR) is 64.0 cm³/mol. The van der Waals surface area contributed by atoms with Gasteiger partial charge in [0.05, 0.1) is 16.3 Å². The van der Waals surface area contributed by atoms with Crippen molar-refractivity contribution >= 4 is 11.6 Å². The Labute approximate surface area is 97.6 Å². The van der Waals surface area contributed by atoms with Gasteiger partial charge in [0.25, 0.3) is 5.56 Å². The van der Waals surface area contributed by atoms with E-state index < -0.39 is 0 Å². The van der Waals surface area contributed by atoms with Gasteiger partial charge in [-0.25, -0.2) is 0 Å². The summed E-state index contributed by atoms with van der Waals surface area (Å²) >= 11 is 6.06. The Hall–Kier alpha value is -1.52. The molecule has 0 amide bonds. The summed E-state index contributed by atoms with van der Waals surface area (Å²) in [5.74, 6) is 0. The molecule has 0 saturated carbocycles. The minimum absolute atomic E-state index is 0.167. The molecule has 0 atom stereocenters. The Morgan fingerprint density at radius 3 is 2.69 bits per heavy atom. The molecule has 0 aliphatic carbocycles. The van der Waals surface area contributed by atoms with Crippen molar-refractivity contribution in [1.29, 1.82) is 0 Å². The van der Waals surface area contributed by atoms with E-state index >= 15 is 0 Å². The van der Waals surface area contributed by atoms with Crippen LogP contribution in [0.1, 0.15) is 11.3 Å². The van der Waals surface area contributed by atoms with Crippen LogP contribution in [0, 0.1) is 6.92 Å². The number of aromatic nitrogens is 2. The molecule has 5 heteroatoms. The SMILES string of the molecule is Cc1c(CN)c(=O)[nH]n1-c1ccccc1Cl. The first kappa shape index (κ1) is 11.0. The molecule has 16 heavy (non-hydrogen) atoms. The molecule has 1 aromatic carbocycles. The normalized spacial score (nSPS) is 10.7. The molecule has 1 aromatic heterocycles. The molecule has 0 fully saturated rings. The molecule has 0 radical (unpaired) electrons. The number of nitrogens with two attached hydrogens (primary N) is 1. The molecule has 0 bridgehead atoms. The van der Waals surface area contributed by atoms with Gasteiger partial charge in [-0.2, -0.15) is 0 Å². The van der Waals surface area contributed by atoms with E-state index in [0.29, 0.717) is 10.6 Å². The predicted octanol–water partition coefficient (Wildman–Crippen LogP) is 1.59. The number of halogens is 1. The van der Waals surface area contributed by atoms with E-state index in [-0.39, 0.29) is 12.1 Å². The first-order chi connectivity index (χ1) is 7.65. The van der Waals surface area contributed by atoms with Gasteiger partial charge in [-0.15, -0.1) is 0 Å². The number of hydrogen-bond acceptors (Lipinski definition) is 2. The third kappa shape index (κ3) is 1.66. The summed E-state index contributed by atoms with van der Waals surface area (Å²) in [6.45, 7) is 2.06. The van der Waals surface area contributed by atoms with E-state index in [9.17, 15) is 4.79 Å². The smallest absolute Gasteiger partial charge is 0.269 e. The van der Waals surface area contributed by atoms with Crippen LogP contribution >= 0.6 is 11.6 Å². The number of benzene rings is 1. The van der Waals surface area contributed by atoms with Crippen LogP contribution in [0.2, 0.25) is 5.02 Å². The van der Waals surface area contributed by atoms with E-state index in [1.807, 2.05) is 25.1 Å². The zero-order chi connectivity index (χ0) is 11.7. The summed E-state index contributed by atoms with van der Waals surface area (Å²) in [6, 6.07) is 7.32. The second kappa shape index (κ2) is 4.15. The highest BCUT2D eigenvalue weighted by Crippen LogP contribution is 2.20. The maximum Gasteiger partial charge on any atom is 0.269 e. The molecule has 0 unspecified atom stereocenters. The zero-order valence-corrected chi connectivity index (χ0v) is 9.58. The van der Waals surface area contributed by atoms with Crippen molar-refractivity contribution in [3.05, 3.63) is 50.9 Å². The summed E-state index contributed by atoms with van der Waals surface area (Å²) in [5, 5.41) is 3.30. The van der Waals surface area contributed by atoms with Crippen molar-refractivity contribution in [1.82, 2.24) is 9.78 Å². The lowest BCUT2D eigenvalue weighted by atomic mass is 10.2. The summed E-state index contributed by atoms with van der Waals surface area (Å²) in [5.41, 5.74) is 7.47. The second-order valence-corrected chi connectivity index (χ2v) is 3.90. The summed E-state index contributed by atoms with van der Waals surface area (Å²) in [7, 11) is 0. The van der Waals surface area contributed by atoms with Gasteiger partial charge in [-0.3, -0.25) is 14.6 Å². The van der Waals surface area contributed by atoms with Crippen molar-refractivity contribution in [3.63, 3.8) is 0 Å². The van der Waals surface area contributed by atoms with Crippen LogP contribution in [0.4, 0.5) is 0 Å². The van der Waals surface area contributed by atoms with Crippen LogP contribution in [-0.4, -0.2) is 9.78 Å². The highest BCUT2D eigenvalue weighted by Gasteiger charge is 2.11. The summed E-state index contributed by atoms with van der Waals surface area (Å²) in [6.07, 6.45) is 0. The number of nitrogens with zero attached hydrogens (tertiary/aromatic N) is 1. The Kier molecular flexibility index (Phi) is 2.85. The van der Waals surface area contributed by atoms with Crippen molar-refractivity contribution in [2.45, 2.75) is 13.5 Å². The molecule has 2 aromatic rings. The van der Waals surface area contributed by atoms with Gasteiger partial charge in [0, 0.05) is 12.2 Å². The molecule has 0 spiro atoms. The largest absolute Gasteiger partial charge is 0.326 e. The number of H-pyrrole nitrogens is 1. The van der Waals surface area contributed by atoms with E-state index in [1.165, 1.54) is 0 Å². The average Bonchev–Trinajstić information content (AvgIpc) is 2.55.